The standard InChI is InChI=1S/C13H14N2O3/c1-9-2-4-10(5-3-9)8-18-13(17)11-6-7-12(16)15-14-11/h2-5H,6-8H2,1H3,(H,15,16). The van der Waals surface area contributed by atoms with Crippen LogP contribution in [0.4, 0.5) is 0 Å². The number of esters is 1. The Morgan fingerprint density at radius 1 is 1.33 bits per heavy atom. The fourth-order valence-corrected chi connectivity index (χ4v) is 1.54. The van der Waals surface area contributed by atoms with Crippen molar-refractivity contribution in [2.24, 2.45) is 5.10 Å². The van der Waals surface area contributed by atoms with Crippen LogP contribution in [0, 0.1) is 6.92 Å². The maximum absolute atomic E-state index is 11.6. The van der Waals surface area contributed by atoms with E-state index in [1.807, 2.05) is 31.2 Å². The number of hydrazone groups is 1. The summed E-state index contributed by atoms with van der Waals surface area (Å²) in [5, 5.41) is 3.68. The van der Waals surface area contributed by atoms with Crippen LogP contribution in [-0.4, -0.2) is 17.6 Å². The fourth-order valence-electron chi connectivity index (χ4n) is 1.54. The quantitative estimate of drug-likeness (QED) is 0.817. The summed E-state index contributed by atoms with van der Waals surface area (Å²) >= 11 is 0. The highest BCUT2D eigenvalue weighted by Crippen LogP contribution is 2.07. The summed E-state index contributed by atoms with van der Waals surface area (Å²) in [5.74, 6) is -0.652. The summed E-state index contributed by atoms with van der Waals surface area (Å²) in [5.41, 5.74) is 4.61. The van der Waals surface area contributed by atoms with E-state index in [0.29, 0.717) is 6.42 Å². The molecule has 2 rings (SSSR count). The Hall–Kier alpha value is -2.17. The first-order valence-electron chi connectivity index (χ1n) is 5.73. The molecule has 0 aliphatic carbocycles. The van der Waals surface area contributed by atoms with Crippen molar-refractivity contribution in [3.05, 3.63) is 35.4 Å². The van der Waals surface area contributed by atoms with Gasteiger partial charge in [0.1, 0.15) is 12.3 Å². The van der Waals surface area contributed by atoms with Crippen molar-refractivity contribution in [1.82, 2.24) is 5.43 Å². The van der Waals surface area contributed by atoms with E-state index in [4.69, 9.17) is 4.74 Å². The van der Waals surface area contributed by atoms with Gasteiger partial charge in [0, 0.05) is 12.8 Å². The molecule has 1 N–H and O–H groups in total. The minimum Gasteiger partial charge on any atom is -0.456 e. The molecule has 0 saturated heterocycles. The first kappa shape index (κ1) is 12.3. The molecule has 5 heteroatoms. The molecule has 0 atom stereocenters. The number of amides is 1. The SMILES string of the molecule is Cc1ccc(COC(=O)C2=NNC(=O)CC2)cc1. The molecule has 0 radical (unpaired) electrons. The molecule has 0 aromatic heterocycles. The average molecular weight is 246 g/mol. The van der Waals surface area contributed by atoms with Gasteiger partial charge < -0.3 is 4.74 Å². The van der Waals surface area contributed by atoms with E-state index < -0.39 is 5.97 Å². The smallest absolute Gasteiger partial charge is 0.354 e. The first-order chi connectivity index (χ1) is 8.65. The largest absolute Gasteiger partial charge is 0.456 e. The van der Waals surface area contributed by atoms with E-state index >= 15 is 0 Å². The maximum atomic E-state index is 11.6. The molecule has 0 saturated carbocycles. The molecule has 18 heavy (non-hydrogen) atoms. The van der Waals surface area contributed by atoms with Gasteiger partial charge in [-0.1, -0.05) is 29.8 Å². The third-order valence-corrected chi connectivity index (χ3v) is 2.63. The molecular weight excluding hydrogens is 232 g/mol. The number of benzene rings is 1. The second kappa shape index (κ2) is 5.44. The molecule has 0 fully saturated rings. The Morgan fingerprint density at radius 2 is 2.06 bits per heavy atom. The lowest BCUT2D eigenvalue weighted by Crippen LogP contribution is -2.30. The summed E-state index contributed by atoms with van der Waals surface area (Å²) in [6.07, 6.45) is 0.608. The molecule has 1 aromatic rings. The lowest BCUT2D eigenvalue weighted by atomic mass is 10.1. The van der Waals surface area contributed by atoms with Crippen molar-refractivity contribution in [3.8, 4) is 0 Å². The van der Waals surface area contributed by atoms with Gasteiger partial charge in [-0.25, -0.2) is 10.2 Å². The third kappa shape index (κ3) is 3.16. The topological polar surface area (TPSA) is 67.8 Å². The molecule has 94 valence electrons. The fraction of sp³-hybridized carbons (Fsp3) is 0.308. The molecule has 1 heterocycles. The molecule has 1 aromatic carbocycles. The van der Waals surface area contributed by atoms with Crippen molar-refractivity contribution in [1.29, 1.82) is 0 Å². The van der Waals surface area contributed by atoms with Crippen LogP contribution < -0.4 is 5.43 Å². The number of carbonyl (C=O) groups is 2. The van der Waals surface area contributed by atoms with E-state index in [-0.39, 0.29) is 24.6 Å². The minimum absolute atomic E-state index is 0.176. The van der Waals surface area contributed by atoms with E-state index in [2.05, 4.69) is 10.5 Å². The van der Waals surface area contributed by atoms with Gasteiger partial charge in [-0.2, -0.15) is 5.10 Å². The van der Waals surface area contributed by atoms with E-state index in [0.717, 1.165) is 11.1 Å². The second-order valence-electron chi connectivity index (χ2n) is 4.16. The number of hydrogen-bond acceptors (Lipinski definition) is 4. The highest BCUT2D eigenvalue weighted by atomic mass is 16.5. The van der Waals surface area contributed by atoms with Crippen molar-refractivity contribution in [3.63, 3.8) is 0 Å². The van der Waals surface area contributed by atoms with Crippen LogP contribution in [0.1, 0.15) is 24.0 Å². The Bertz CT molecular complexity index is 491. The monoisotopic (exact) mass is 246 g/mol. The highest BCUT2D eigenvalue weighted by Gasteiger charge is 2.19. The van der Waals surface area contributed by atoms with Crippen LogP contribution >= 0.6 is 0 Å². The molecule has 0 bridgehead atoms. The maximum Gasteiger partial charge on any atom is 0.354 e. The van der Waals surface area contributed by atoms with Crippen LogP contribution in [0.15, 0.2) is 29.4 Å². The van der Waals surface area contributed by atoms with Crippen LogP contribution in [-0.2, 0) is 20.9 Å². The van der Waals surface area contributed by atoms with Gasteiger partial charge in [0.05, 0.1) is 0 Å². The van der Waals surface area contributed by atoms with Crippen molar-refractivity contribution >= 4 is 17.6 Å². The van der Waals surface area contributed by atoms with Gasteiger partial charge in [-0.15, -0.1) is 0 Å². The van der Waals surface area contributed by atoms with Gasteiger partial charge in [0.2, 0.25) is 5.91 Å². The molecule has 0 unspecified atom stereocenters. The Kier molecular flexibility index (Phi) is 3.72. The highest BCUT2D eigenvalue weighted by molar-refractivity contribution is 6.37. The average Bonchev–Trinajstić information content (AvgIpc) is 2.38. The number of nitrogens with zero attached hydrogens (tertiary/aromatic N) is 1. The minimum atomic E-state index is -0.476. The van der Waals surface area contributed by atoms with Crippen molar-refractivity contribution in [2.45, 2.75) is 26.4 Å². The van der Waals surface area contributed by atoms with E-state index in [1.165, 1.54) is 0 Å². The predicted octanol–water partition coefficient (Wildman–Crippen LogP) is 1.30. The van der Waals surface area contributed by atoms with Gasteiger partial charge in [0.25, 0.3) is 0 Å². The summed E-state index contributed by atoms with van der Waals surface area (Å²) in [6.45, 7) is 2.21. The van der Waals surface area contributed by atoms with Crippen LogP contribution in [0.3, 0.4) is 0 Å². The molecular formula is C13H14N2O3. The summed E-state index contributed by atoms with van der Waals surface area (Å²) in [4.78, 5) is 22.5. The number of carbonyl (C=O) groups excluding carboxylic acids is 2. The molecule has 1 aliphatic heterocycles. The predicted molar refractivity (Wildman–Crippen MR) is 65.8 cm³/mol. The number of rotatable bonds is 3. The lowest BCUT2D eigenvalue weighted by molar-refractivity contribution is -0.137. The Labute approximate surface area is 105 Å². The van der Waals surface area contributed by atoms with Crippen LogP contribution in [0.25, 0.3) is 0 Å². The number of aryl methyl sites for hydroxylation is 1. The number of hydrogen-bond donors (Lipinski definition) is 1. The number of ether oxygens (including phenoxy) is 1. The normalized spacial score (nSPS) is 14.7. The van der Waals surface area contributed by atoms with Crippen LogP contribution in [0.5, 0.6) is 0 Å². The summed E-state index contributed by atoms with van der Waals surface area (Å²) < 4.78 is 5.12. The summed E-state index contributed by atoms with van der Waals surface area (Å²) in [7, 11) is 0. The van der Waals surface area contributed by atoms with Gasteiger partial charge in [0.15, 0.2) is 0 Å². The van der Waals surface area contributed by atoms with Gasteiger partial charge in [-0.05, 0) is 12.5 Å². The zero-order valence-corrected chi connectivity index (χ0v) is 10.1. The zero-order chi connectivity index (χ0) is 13.0. The molecule has 0 spiro atoms. The first-order valence-corrected chi connectivity index (χ1v) is 5.73. The molecule has 1 aliphatic rings. The zero-order valence-electron chi connectivity index (χ0n) is 10.1. The summed E-state index contributed by atoms with van der Waals surface area (Å²) in [6, 6.07) is 7.74. The van der Waals surface area contributed by atoms with E-state index in [9.17, 15) is 9.59 Å². The van der Waals surface area contributed by atoms with Crippen molar-refractivity contribution in [2.75, 3.05) is 0 Å². The van der Waals surface area contributed by atoms with Gasteiger partial charge >= 0.3 is 5.97 Å². The molecule has 1 amide bonds. The number of nitrogens with one attached hydrogen (secondary N) is 1. The molecule has 5 nitrogen and oxygen atoms in total. The van der Waals surface area contributed by atoms with Gasteiger partial charge in [-0.3, -0.25) is 4.79 Å². The Balaban J connectivity index is 1.88. The Morgan fingerprint density at radius 3 is 2.67 bits per heavy atom. The van der Waals surface area contributed by atoms with E-state index in [1.54, 1.807) is 0 Å². The lowest BCUT2D eigenvalue weighted by Gasteiger charge is -2.11. The second-order valence-corrected chi connectivity index (χ2v) is 4.16. The van der Waals surface area contributed by atoms with Crippen molar-refractivity contribution < 1.29 is 14.3 Å². The van der Waals surface area contributed by atoms with Crippen LogP contribution in [0.2, 0.25) is 0 Å². The third-order valence-electron chi connectivity index (χ3n) is 2.63.